The van der Waals surface area contributed by atoms with E-state index in [0.717, 1.165) is 12.1 Å². The van der Waals surface area contributed by atoms with Crippen LogP contribution < -0.4 is 15.4 Å². The molecular formula is C11H9F3N4O2S. The number of benzene rings is 1. The number of nitrogens with zero attached hydrogens (tertiary/aromatic N) is 2. The highest BCUT2D eigenvalue weighted by Gasteiger charge is 2.15. The van der Waals surface area contributed by atoms with E-state index in [0.29, 0.717) is 11.3 Å². The van der Waals surface area contributed by atoms with Gasteiger partial charge in [0.1, 0.15) is 11.6 Å². The lowest BCUT2D eigenvalue weighted by Gasteiger charge is -2.07. The van der Waals surface area contributed by atoms with Gasteiger partial charge in [-0.05, 0) is 6.07 Å². The van der Waals surface area contributed by atoms with E-state index in [2.05, 4.69) is 20.8 Å². The number of anilines is 2. The molecule has 1 aromatic heterocycles. The normalized spacial score (nSPS) is 10.5. The Morgan fingerprint density at radius 1 is 1.29 bits per heavy atom. The summed E-state index contributed by atoms with van der Waals surface area (Å²) in [5.41, 5.74) is 0.142. The van der Waals surface area contributed by atoms with Gasteiger partial charge in [0.2, 0.25) is 5.13 Å². The average molecular weight is 318 g/mol. The molecule has 0 unspecified atom stereocenters. The molecule has 1 heterocycles. The molecular weight excluding hydrogens is 309 g/mol. The number of methoxy groups -OCH3 is 1. The number of aromatic nitrogens is 2. The van der Waals surface area contributed by atoms with E-state index in [4.69, 9.17) is 4.74 Å². The van der Waals surface area contributed by atoms with Crippen LogP contribution in [0.3, 0.4) is 0 Å². The second kappa shape index (κ2) is 6.39. The van der Waals surface area contributed by atoms with Crippen molar-refractivity contribution in [1.82, 2.24) is 10.2 Å². The fourth-order valence-corrected chi connectivity index (χ4v) is 1.98. The van der Waals surface area contributed by atoms with Crippen molar-refractivity contribution in [2.24, 2.45) is 0 Å². The number of rotatable bonds is 4. The number of nitrogens with one attached hydrogen (secondary N) is 2. The standard InChI is InChI=1S/C11H9F3N4O2S/c1-20-7-3-5(12)2-6(4-7)15-10(19)16-11-18-17-9(21-11)8(13)14/h2-4,8H,1H3,(H2,15,16,18,19). The van der Waals surface area contributed by atoms with Crippen LogP contribution in [0, 0.1) is 5.82 Å². The van der Waals surface area contributed by atoms with Gasteiger partial charge in [0, 0.05) is 17.8 Å². The first-order valence-electron chi connectivity index (χ1n) is 5.52. The summed E-state index contributed by atoms with van der Waals surface area (Å²) >= 11 is 0.548. The van der Waals surface area contributed by atoms with Gasteiger partial charge in [-0.2, -0.15) is 0 Å². The highest BCUT2D eigenvalue weighted by Crippen LogP contribution is 2.25. The number of ether oxygens (including phenoxy) is 1. The van der Waals surface area contributed by atoms with E-state index in [-0.39, 0.29) is 16.6 Å². The molecule has 0 aliphatic rings. The molecule has 112 valence electrons. The van der Waals surface area contributed by atoms with Crippen molar-refractivity contribution in [3.8, 4) is 5.75 Å². The van der Waals surface area contributed by atoms with Gasteiger partial charge in [-0.3, -0.25) is 5.32 Å². The van der Waals surface area contributed by atoms with Gasteiger partial charge in [-0.1, -0.05) is 11.3 Å². The van der Waals surface area contributed by atoms with Gasteiger partial charge in [-0.25, -0.2) is 18.0 Å². The first-order valence-corrected chi connectivity index (χ1v) is 6.33. The molecule has 2 rings (SSSR count). The molecule has 21 heavy (non-hydrogen) atoms. The smallest absolute Gasteiger partial charge is 0.325 e. The largest absolute Gasteiger partial charge is 0.497 e. The third-order valence-electron chi connectivity index (χ3n) is 2.21. The predicted molar refractivity (Wildman–Crippen MR) is 70.5 cm³/mol. The van der Waals surface area contributed by atoms with Crippen molar-refractivity contribution in [3.63, 3.8) is 0 Å². The number of hydrogen-bond acceptors (Lipinski definition) is 5. The second-order valence-electron chi connectivity index (χ2n) is 3.71. The van der Waals surface area contributed by atoms with Gasteiger partial charge < -0.3 is 10.1 Å². The Morgan fingerprint density at radius 3 is 2.67 bits per heavy atom. The maximum absolute atomic E-state index is 13.2. The van der Waals surface area contributed by atoms with Crippen molar-refractivity contribution in [1.29, 1.82) is 0 Å². The third-order valence-corrected chi connectivity index (χ3v) is 3.06. The Bertz CT molecular complexity index is 650. The monoisotopic (exact) mass is 318 g/mol. The van der Waals surface area contributed by atoms with Crippen LogP contribution in [-0.4, -0.2) is 23.3 Å². The molecule has 0 aliphatic carbocycles. The van der Waals surface area contributed by atoms with E-state index in [1.807, 2.05) is 0 Å². The zero-order valence-corrected chi connectivity index (χ0v) is 11.4. The molecule has 0 spiro atoms. The summed E-state index contributed by atoms with van der Waals surface area (Å²) in [7, 11) is 1.35. The van der Waals surface area contributed by atoms with E-state index >= 15 is 0 Å². The van der Waals surface area contributed by atoms with Gasteiger partial charge in [0.05, 0.1) is 7.11 Å². The van der Waals surface area contributed by atoms with Crippen LogP contribution in [0.1, 0.15) is 11.4 Å². The number of urea groups is 1. The fourth-order valence-electron chi connectivity index (χ4n) is 1.39. The third kappa shape index (κ3) is 4.05. The molecule has 0 atom stereocenters. The minimum Gasteiger partial charge on any atom is -0.497 e. The lowest BCUT2D eigenvalue weighted by molar-refractivity contribution is 0.150. The van der Waals surface area contributed by atoms with Crippen molar-refractivity contribution in [2.45, 2.75) is 6.43 Å². The highest BCUT2D eigenvalue weighted by atomic mass is 32.1. The summed E-state index contributed by atoms with van der Waals surface area (Å²) in [5, 5.41) is 10.6. The van der Waals surface area contributed by atoms with E-state index in [1.165, 1.54) is 13.2 Å². The molecule has 0 saturated carbocycles. The van der Waals surface area contributed by atoms with Crippen LogP contribution in [0.15, 0.2) is 18.2 Å². The summed E-state index contributed by atoms with van der Waals surface area (Å²) in [6.07, 6.45) is -2.76. The molecule has 0 fully saturated rings. The Hall–Kier alpha value is -2.36. The van der Waals surface area contributed by atoms with Crippen molar-refractivity contribution < 1.29 is 22.7 Å². The molecule has 0 bridgehead atoms. The number of carbonyl (C=O) groups excluding carboxylic acids is 1. The van der Waals surface area contributed by atoms with Crippen LogP contribution in [0.5, 0.6) is 5.75 Å². The molecule has 0 aliphatic heterocycles. The number of hydrogen-bond donors (Lipinski definition) is 2. The van der Waals surface area contributed by atoms with E-state index in [1.54, 1.807) is 0 Å². The number of amides is 2. The van der Waals surface area contributed by atoms with Crippen molar-refractivity contribution in [2.75, 3.05) is 17.7 Å². The molecule has 2 aromatic rings. The maximum atomic E-state index is 13.2. The molecule has 6 nitrogen and oxygen atoms in total. The topological polar surface area (TPSA) is 76.1 Å². The van der Waals surface area contributed by atoms with Crippen LogP contribution in [0.2, 0.25) is 0 Å². The van der Waals surface area contributed by atoms with Crippen LogP contribution in [0.25, 0.3) is 0 Å². The summed E-state index contributed by atoms with van der Waals surface area (Å²) in [6, 6.07) is 2.85. The first-order chi connectivity index (χ1) is 9.97. The van der Waals surface area contributed by atoms with Crippen LogP contribution in [-0.2, 0) is 0 Å². The maximum Gasteiger partial charge on any atom is 0.325 e. The quantitative estimate of drug-likeness (QED) is 0.907. The lowest BCUT2D eigenvalue weighted by Crippen LogP contribution is -2.19. The van der Waals surface area contributed by atoms with Crippen molar-refractivity contribution in [3.05, 3.63) is 29.0 Å². The predicted octanol–water partition coefficient (Wildman–Crippen LogP) is 3.27. The summed E-state index contributed by atoms with van der Waals surface area (Å²) < 4.78 is 42.7. The Labute approximate surface area is 121 Å². The summed E-state index contributed by atoms with van der Waals surface area (Å²) in [6.45, 7) is 0. The lowest BCUT2D eigenvalue weighted by atomic mass is 10.3. The average Bonchev–Trinajstić information content (AvgIpc) is 2.86. The minimum atomic E-state index is -2.76. The second-order valence-corrected chi connectivity index (χ2v) is 4.71. The number of halogens is 3. The summed E-state index contributed by atoms with van der Waals surface area (Å²) in [5.74, 6) is -0.373. The fraction of sp³-hybridized carbons (Fsp3) is 0.182. The minimum absolute atomic E-state index is 0.0915. The Balaban J connectivity index is 2.02. The zero-order chi connectivity index (χ0) is 15.4. The van der Waals surface area contributed by atoms with E-state index < -0.39 is 23.3 Å². The van der Waals surface area contributed by atoms with Gasteiger partial charge in [-0.15, -0.1) is 10.2 Å². The molecule has 1 aromatic carbocycles. The number of carbonyl (C=O) groups is 1. The van der Waals surface area contributed by atoms with Gasteiger partial charge in [0.15, 0.2) is 5.01 Å². The SMILES string of the molecule is COc1cc(F)cc(NC(=O)Nc2nnc(C(F)F)s2)c1. The molecule has 0 saturated heterocycles. The first kappa shape index (κ1) is 15.0. The Kier molecular flexibility index (Phi) is 4.58. The molecule has 2 amide bonds. The number of alkyl halides is 2. The zero-order valence-electron chi connectivity index (χ0n) is 10.6. The van der Waals surface area contributed by atoms with Gasteiger partial charge in [0.25, 0.3) is 6.43 Å². The van der Waals surface area contributed by atoms with Gasteiger partial charge >= 0.3 is 6.03 Å². The summed E-state index contributed by atoms with van der Waals surface area (Å²) in [4.78, 5) is 11.6. The molecule has 2 N–H and O–H groups in total. The van der Waals surface area contributed by atoms with Crippen molar-refractivity contribution >= 4 is 28.2 Å². The highest BCUT2D eigenvalue weighted by molar-refractivity contribution is 7.15. The Morgan fingerprint density at radius 2 is 2.05 bits per heavy atom. The van der Waals surface area contributed by atoms with Crippen LogP contribution in [0.4, 0.5) is 28.8 Å². The molecule has 10 heteroatoms. The molecule has 0 radical (unpaired) electrons. The van der Waals surface area contributed by atoms with Crippen LogP contribution >= 0.6 is 11.3 Å². The van der Waals surface area contributed by atoms with E-state index in [9.17, 15) is 18.0 Å².